The van der Waals surface area contributed by atoms with E-state index in [4.69, 9.17) is 0 Å². The maximum Gasteiger partial charge on any atom is 0.0554 e. The Morgan fingerprint density at radius 3 is 1.40 bits per heavy atom. The number of para-hydroxylation sites is 2. The fraction of sp³-hybridized carbons (Fsp3) is 0. The lowest BCUT2D eigenvalue weighted by molar-refractivity contribution is 1.18. The molecule has 0 saturated carbocycles. The van der Waals surface area contributed by atoms with E-state index in [9.17, 15) is 0 Å². The van der Waals surface area contributed by atoms with E-state index in [2.05, 4.69) is 155 Å². The van der Waals surface area contributed by atoms with Crippen molar-refractivity contribution in [1.29, 1.82) is 0 Å². The molecule has 0 saturated heterocycles. The topological polar surface area (TPSA) is 9.86 Å². The highest BCUT2D eigenvalue weighted by molar-refractivity contribution is 6.40. The van der Waals surface area contributed by atoms with Crippen molar-refractivity contribution in [2.75, 3.05) is 0 Å². The zero-order valence-corrected chi connectivity index (χ0v) is 22.8. The molecule has 0 aliphatic heterocycles. The SMILES string of the molecule is c1ccc(-c2cc3c4c5c(cccc5n3-c3ccccc3)-c3cccc5c3c3c4c2ccc3n5-c2ccccc2)cc1. The van der Waals surface area contributed by atoms with Crippen molar-refractivity contribution in [1.82, 2.24) is 9.13 Å². The van der Waals surface area contributed by atoms with Crippen molar-refractivity contribution in [3.8, 4) is 33.6 Å². The van der Waals surface area contributed by atoms with Crippen molar-refractivity contribution in [2.45, 2.75) is 0 Å². The average Bonchev–Trinajstić information content (AvgIpc) is 3.54. The van der Waals surface area contributed by atoms with Crippen molar-refractivity contribution in [3.63, 3.8) is 0 Å². The second kappa shape index (κ2) is 7.99. The zero-order chi connectivity index (χ0) is 27.4. The Balaban J connectivity index is 1.55. The van der Waals surface area contributed by atoms with Gasteiger partial charge in [-0.05, 0) is 76.2 Å². The van der Waals surface area contributed by atoms with Crippen LogP contribution in [0.25, 0.3) is 88.0 Å². The molecule has 0 amide bonds. The van der Waals surface area contributed by atoms with Crippen LogP contribution in [0.2, 0.25) is 0 Å². The number of hydrogen-bond donors (Lipinski definition) is 0. The van der Waals surface area contributed by atoms with Crippen molar-refractivity contribution in [3.05, 3.63) is 146 Å². The molecular formula is C40H24N2. The van der Waals surface area contributed by atoms with Gasteiger partial charge in [0.05, 0.1) is 22.1 Å². The Kier molecular flexibility index (Phi) is 4.21. The highest BCUT2D eigenvalue weighted by atomic mass is 15.0. The van der Waals surface area contributed by atoms with Crippen molar-refractivity contribution < 1.29 is 0 Å². The first-order valence-corrected chi connectivity index (χ1v) is 14.5. The van der Waals surface area contributed by atoms with E-state index in [0.717, 1.165) is 0 Å². The minimum absolute atomic E-state index is 1.18. The lowest BCUT2D eigenvalue weighted by Crippen LogP contribution is -1.95. The normalized spacial score (nSPS) is 12.3. The molecule has 10 rings (SSSR count). The largest absolute Gasteiger partial charge is 0.309 e. The lowest BCUT2D eigenvalue weighted by Gasteiger charge is -2.14. The first kappa shape index (κ1) is 22.1. The summed E-state index contributed by atoms with van der Waals surface area (Å²) >= 11 is 0. The summed E-state index contributed by atoms with van der Waals surface area (Å²) in [5.41, 5.74) is 12.5. The van der Waals surface area contributed by atoms with Gasteiger partial charge in [-0.25, -0.2) is 0 Å². The minimum atomic E-state index is 1.18. The summed E-state index contributed by atoms with van der Waals surface area (Å²) in [4.78, 5) is 0. The van der Waals surface area contributed by atoms with Crippen molar-refractivity contribution in [2.24, 2.45) is 0 Å². The van der Waals surface area contributed by atoms with E-state index in [1.54, 1.807) is 0 Å². The molecule has 0 atom stereocenters. The van der Waals surface area contributed by atoms with Gasteiger partial charge in [0.25, 0.3) is 0 Å². The lowest BCUT2D eigenvalue weighted by atomic mass is 9.93. The summed E-state index contributed by atoms with van der Waals surface area (Å²) in [5.74, 6) is 0. The van der Waals surface area contributed by atoms with Crippen molar-refractivity contribution >= 4 is 54.4 Å². The Bertz CT molecular complexity index is 2510. The molecule has 0 unspecified atom stereocenters. The number of benzene rings is 7. The van der Waals surface area contributed by atoms with Gasteiger partial charge < -0.3 is 9.13 Å². The summed E-state index contributed by atoms with van der Waals surface area (Å²) in [6.07, 6.45) is 0. The van der Waals surface area contributed by atoms with Crippen LogP contribution < -0.4 is 0 Å². The first-order chi connectivity index (χ1) is 20.9. The second-order valence-electron chi connectivity index (χ2n) is 11.3. The van der Waals surface area contributed by atoms with Gasteiger partial charge in [0.2, 0.25) is 0 Å². The molecule has 0 bridgehead atoms. The van der Waals surface area contributed by atoms with Gasteiger partial charge in [0.15, 0.2) is 0 Å². The fourth-order valence-electron chi connectivity index (χ4n) is 7.61. The van der Waals surface area contributed by atoms with Crippen LogP contribution in [0.1, 0.15) is 0 Å². The molecular weight excluding hydrogens is 508 g/mol. The van der Waals surface area contributed by atoms with Crippen LogP contribution in [0.4, 0.5) is 0 Å². The van der Waals surface area contributed by atoms with Crippen LogP contribution in [0.15, 0.2) is 146 Å². The molecule has 194 valence electrons. The molecule has 2 heterocycles. The van der Waals surface area contributed by atoms with E-state index in [1.165, 1.54) is 88.0 Å². The van der Waals surface area contributed by atoms with Crippen LogP contribution in [0.5, 0.6) is 0 Å². The maximum atomic E-state index is 2.47. The quantitative estimate of drug-likeness (QED) is 0.214. The molecule has 2 nitrogen and oxygen atoms in total. The Hall–Kier alpha value is -5.60. The Morgan fingerprint density at radius 2 is 0.810 bits per heavy atom. The van der Waals surface area contributed by atoms with Crippen LogP contribution in [-0.2, 0) is 0 Å². The number of nitrogens with zero attached hydrogens (tertiary/aromatic N) is 2. The molecule has 2 aromatic heterocycles. The minimum Gasteiger partial charge on any atom is -0.309 e. The van der Waals surface area contributed by atoms with Gasteiger partial charge in [-0.15, -0.1) is 0 Å². The molecule has 0 spiro atoms. The van der Waals surface area contributed by atoms with Gasteiger partial charge in [0, 0.05) is 38.3 Å². The van der Waals surface area contributed by atoms with Gasteiger partial charge >= 0.3 is 0 Å². The Morgan fingerprint density at radius 1 is 0.310 bits per heavy atom. The molecule has 1 aliphatic carbocycles. The molecule has 1 aliphatic rings. The monoisotopic (exact) mass is 532 g/mol. The molecule has 0 fully saturated rings. The molecule has 7 aromatic carbocycles. The summed E-state index contributed by atoms with van der Waals surface area (Å²) in [7, 11) is 0. The predicted octanol–water partition coefficient (Wildman–Crippen LogP) is 10.7. The van der Waals surface area contributed by atoms with Gasteiger partial charge in [-0.3, -0.25) is 0 Å². The third-order valence-corrected chi connectivity index (χ3v) is 9.21. The standard InChI is InChI=1S/C40H24N2/c1-4-12-25(13-5-1)31-24-35-40-37-29(19-11-21-33(37)42(35)27-16-8-3-9-17-27)28-18-10-20-32-36(28)39-34(23-22-30(31)38(39)40)41(32)26-14-6-2-7-15-26/h1-24H. The summed E-state index contributed by atoms with van der Waals surface area (Å²) in [6.45, 7) is 0. The average molecular weight is 533 g/mol. The molecule has 0 radical (unpaired) electrons. The molecule has 0 N–H and O–H groups in total. The highest BCUT2D eigenvalue weighted by Gasteiger charge is 2.28. The van der Waals surface area contributed by atoms with Crippen LogP contribution in [-0.4, -0.2) is 9.13 Å². The second-order valence-corrected chi connectivity index (χ2v) is 11.3. The highest BCUT2D eigenvalue weighted by Crippen LogP contribution is 2.52. The third kappa shape index (κ3) is 2.69. The first-order valence-electron chi connectivity index (χ1n) is 14.5. The number of hydrogen-bond acceptors (Lipinski definition) is 0. The third-order valence-electron chi connectivity index (χ3n) is 9.21. The van der Waals surface area contributed by atoms with E-state index >= 15 is 0 Å². The van der Waals surface area contributed by atoms with E-state index < -0.39 is 0 Å². The number of fused-ring (bicyclic) bond motifs is 1. The number of aromatic nitrogens is 2. The van der Waals surface area contributed by atoms with Crippen LogP contribution in [0.3, 0.4) is 0 Å². The van der Waals surface area contributed by atoms with Crippen LogP contribution in [0, 0.1) is 0 Å². The number of rotatable bonds is 3. The predicted molar refractivity (Wildman–Crippen MR) is 177 cm³/mol. The Labute approximate surface area is 242 Å². The molecule has 9 aromatic rings. The van der Waals surface area contributed by atoms with Crippen LogP contribution >= 0.6 is 0 Å². The van der Waals surface area contributed by atoms with Gasteiger partial charge in [-0.1, -0.05) is 97.1 Å². The van der Waals surface area contributed by atoms with Gasteiger partial charge in [0.1, 0.15) is 0 Å². The maximum absolute atomic E-state index is 2.47. The zero-order valence-electron chi connectivity index (χ0n) is 22.8. The summed E-state index contributed by atoms with van der Waals surface area (Å²) in [6, 6.07) is 53.3. The smallest absolute Gasteiger partial charge is 0.0554 e. The van der Waals surface area contributed by atoms with E-state index in [1.807, 2.05) is 0 Å². The summed E-state index contributed by atoms with van der Waals surface area (Å²) in [5, 5.41) is 8.00. The van der Waals surface area contributed by atoms with E-state index in [-0.39, 0.29) is 0 Å². The molecule has 2 heteroatoms. The van der Waals surface area contributed by atoms with Gasteiger partial charge in [-0.2, -0.15) is 0 Å². The molecule has 42 heavy (non-hydrogen) atoms. The summed E-state index contributed by atoms with van der Waals surface area (Å²) < 4.78 is 4.92. The fourth-order valence-corrected chi connectivity index (χ4v) is 7.61. The van der Waals surface area contributed by atoms with E-state index in [0.29, 0.717) is 0 Å².